The van der Waals surface area contributed by atoms with Crippen molar-refractivity contribution in [2.24, 2.45) is 0 Å². The molecule has 0 unspecified atom stereocenters. The van der Waals surface area contributed by atoms with Crippen molar-refractivity contribution in [2.75, 3.05) is 13.7 Å². The standard InChI is InChI=1S/C16H19NO4/c1-3-8-21-14-7-6-12(10-15(14)19-2)16(18)17-11-13-5-4-9-20-13/h4-7,9-10H,3,8,11H2,1-2H3,(H,17,18). The van der Waals surface area contributed by atoms with Crippen molar-refractivity contribution >= 4 is 5.91 Å². The van der Waals surface area contributed by atoms with Gasteiger partial charge in [0, 0.05) is 5.56 Å². The molecule has 2 aromatic rings. The van der Waals surface area contributed by atoms with Crippen LogP contribution in [0.5, 0.6) is 11.5 Å². The fourth-order valence-electron chi connectivity index (χ4n) is 1.82. The summed E-state index contributed by atoms with van der Waals surface area (Å²) < 4.78 is 16.0. The zero-order valence-electron chi connectivity index (χ0n) is 12.2. The topological polar surface area (TPSA) is 60.7 Å². The van der Waals surface area contributed by atoms with Gasteiger partial charge < -0.3 is 19.2 Å². The SMILES string of the molecule is CCCOc1ccc(C(=O)NCc2ccco2)cc1OC. The second kappa shape index (κ2) is 7.38. The number of amides is 1. The fourth-order valence-corrected chi connectivity index (χ4v) is 1.82. The zero-order chi connectivity index (χ0) is 15.1. The molecule has 0 fully saturated rings. The second-order valence-electron chi connectivity index (χ2n) is 4.48. The molecule has 0 radical (unpaired) electrons. The van der Waals surface area contributed by atoms with Crippen molar-refractivity contribution in [3.63, 3.8) is 0 Å². The van der Waals surface area contributed by atoms with Crippen molar-refractivity contribution in [1.29, 1.82) is 0 Å². The summed E-state index contributed by atoms with van der Waals surface area (Å²) in [6, 6.07) is 8.72. The van der Waals surface area contributed by atoms with E-state index >= 15 is 0 Å². The number of furan rings is 1. The molecule has 1 heterocycles. The van der Waals surface area contributed by atoms with Crippen LogP contribution < -0.4 is 14.8 Å². The van der Waals surface area contributed by atoms with Gasteiger partial charge in [-0.2, -0.15) is 0 Å². The van der Waals surface area contributed by atoms with E-state index < -0.39 is 0 Å². The summed E-state index contributed by atoms with van der Waals surface area (Å²) in [5.41, 5.74) is 0.516. The Morgan fingerprint density at radius 3 is 2.81 bits per heavy atom. The third-order valence-electron chi connectivity index (χ3n) is 2.89. The number of carbonyl (C=O) groups excluding carboxylic acids is 1. The van der Waals surface area contributed by atoms with Crippen LogP contribution in [0.4, 0.5) is 0 Å². The van der Waals surface area contributed by atoms with Gasteiger partial charge in [-0.25, -0.2) is 0 Å². The molecule has 0 aliphatic heterocycles. The van der Waals surface area contributed by atoms with Gasteiger partial charge in [0.15, 0.2) is 11.5 Å². The molecule has 0 saturated heterocycles. The van der Waals surface area contributed by atoms with Crippen LogP contribution in [0.15, 0.2) is 41.0 Å². The Hall–Kier alpha value is -2.43. The average molecular weight is 289 g/mol. The van der Waals surface area contributed by atoms with Crippen LogP contribution >= 0.6 is 0 Å². The minimum atomic E-state index is -0.188. The number of benzene rings is 1. The maximum atomic E-state index is 12.1. The molecule has 1 N–H and O–H groups in total. The fraction of sp³-hybridized carbons (Fsp3) is 0.312. The number of hydrogen-bond donors (Lipinski definition) is 1. The summed E-state index contributed by atoms with van der Waals surface area (Å²) >= 11 is 0. The number of nitrogens with one attached hydrogen (secondary N) is 1. The lowest BCUT2D eigenvalue weighted by Gasteiger charge is -2.11. The van der Waals surface area contributed by atoms with Gasteiger partial charge in [0.25, 0.3) is 5.91 Å². The monoisotopic (exact) mass is 289 g/mol. The molecule has 112 valence electrons. The summed E-state index contributed by atoms with van der Waals surface area (Å²) in [7, 11) is 1.55. The molecule has 0 aliphatic rings. The minimum absolute atomic E-state index is 0.188. The molecule has 1 amide bonds. The van der Waals surface area contributed by atoms with Gasteiger partial charge in [0.2, 0.25) is 0 Å². The predicted octanol–water partition coefficient (Wildman–Crippen LogP) is 3.01. The van der Waals surface area contributed by atoms with Gasteiger partial charge in [0.1, 0.15) is 5.76 Å². The Balaban J connectivity index is 2.03. The van der Waals surface area contributed by atoms with Crippen molar-refractivity contribution in [1.82, 2.24) is 5.32 Å². The molecule has 0 spiro atoms. The highest BCUT2D eigenvalue weighted by molar-refractivity contribution is 5.94. The van der Waals surface area contributed by atoms with Crippen molar-refractivity contribution in [3.8, 4) is 11.5 Å². The first kappa shape index (κ1) is 15.0. The molecule has 0 aliphatic carbocycles. The smallest absolute Gasteiger partial charge is 0.251 e. The van der Waals surface area contributed by atoms with Crippen molar-refractivity contribution in [2.45, 2.75) is 19.9 Å². The second-order valence-corrected chi connectivity index (χ2v) is 4.48. The molecule has 2 rings (SSSR count). The number of carbonyl (C=O) groups is 1. The van der Waals surface area contributed by atoms with E-state index in [9.17, 15) is 4.79 Å². The highest BCUT2D eigenvalue weighted by Crippen LogP contribution is 2.28. The lowest BCUT2D eigenvalue weighted by Crippen LogP contribution is -2.22. The Labute approximate surface area is 123 Å². The Morgan fingerprint density at radius 2 is 2.14 bits per heavy atom. The average Bonchev–Trinajstić information content (AvgIpc) is 3.03. The van der Waals surface area contributed by atoms with Crippen LogP contribution in [0.2, 0.25) is 0 Å². The van der Waals surface area contributed by atoms with Crippen LogP contribution in [0.3, 0.4) is 0 Å². The number of rotatable bonds is 7. The molecule has 5 heteroatoms. The minimum Gasteiger partial charge on any atom is -0.493 e. The van der Waals surface area contributed by atoms with Crippen LogP contribution in [0, 0.1) is 0 Å². The van der Waals surface area contributed by atoms with E-state index in [0.717, 1.165) is 6.42 Å². The van der Waals surface area contributed by atoms with Gasteiger partial charge in [0.05, 0.1) is 26.5 Å². The summed E-state index contributed by atoms with van der Waals surface area (Å²) in [5.74, 6) is 1.71. The van der Waals surface area contributed by atoms with Crippen LogP contribution in [0.25, 0.3) is 0 Å². The zero-order valence-corrected chi connectivity index (χ0v) is 12.2. The largest absolute Gasteiger partial charge is 0.493 e. The number of hydrogen-bond acceptors (Lipinski definition) is 4. The van der Waals surface area contributed by atoms with Gasteiger partial charge in [-0.05, 0) is 36.8 Å². The summed E-state index contributed by atoms with van der Waals surface area (Å²) in [6.45, 7) is 2.99. The molecule has 0 bridgehead atoms. The molecule has 21 heavy (non-hydrogen) atoms. The third kappa shape index (κ3) is 4.02. The van der Waals surface area contributed by atoms with Crippen molar-refractivity contribution < 1.29 is 18.7 Å². The van der Waals surface area contributed by atoms with Crippen molar-refractivity contribution in [3.05, 3.63) is 47.9 Å². The highest BCUT2D eigenvalue weighted by atomic mass is 16.5. The van der Waals surface area contributed by atoms with Gasteiger partial charge in [-0.1, -0.05) is 6.92 Å². The highest BCUT2D eigenvalue weighted by Gasteiger charge is 2.11. The first-order valence-corrected chi connectivity index (χ1v) is 6.86. The Morgan fingerprint density at radius 1 is 1.29 bits per heavy atom. The van der Waals surface area contributed by atoms with E-state index in [1.54, 1.807) is 37.6 Å². The maximum Gasteiger partial charge on any atom is 0.251 e. The third-order valence-corrected chi connectivity index (χ3v) is 2.89. The van der Waals surface area contributed by atoms with Gasteiger partial charge in [-0.15, -0.1) is 0 Å². The number of ether oxygens (including phenoxy) is 2. The molecular formula is C16H19NO4. The van der Waals surface area contributed by atoms with Crippen LogP contribution in [-0.4, -0.2) is 19.6 Å². The van der Waals surface area contributed by atoms with E-state index in [4.69, 9.17) is 13.9 Å². The summed E-state index contributed by atoms with van der Waals surface area (Å²) in [4.78, 5) is 12.1. The van der Waals surface area contributed by atoms with Gasteiger partial charge in [-0.3, -0.25) is 4.79 Å². The first-order valence-electron chi connectivity index (χ1n) is 6.86. The lowest BCUT2D eigenvalue weighted by molar-refractivity contribution is 0.0947. The van der Waals surface area contributed by atoms with E-state index in [1.807, 2.05) is 13.0 Å². The quantitative estimate of drug-likeness (QED) is 0.851. The molecule has 0 saturated carbocycles. The summed E-state index contributed by atoms with van der Waals surface area (Å²) in [5, 5.41) is 2.79. The first-order chi connectivity index (χ1) is 10.2. The van der Waals surface area contributed by atoms with Crippen LogP contribution in [0.1, 0.15) is 29.5 Å². The predicted molar refractivity (Wildman–Crippen MR) is 78.7 cm³/mol. The Bertz CT molecular complexity index is 578. The maximum absolute atomic E-state index is 12.1. The molecular weight excluding hydrogens is 270 g/mol. The van der Waals surface area contributed by atoms with E-state index in [2.05, 4.69) is 5.32 Å². The molecule has 1 aromatic carbocycles. The molecule has 1 aromatic heterocycles. The summed E-state index contributed by atoms with van der Waals surface area (Å²) in [6.07, 6.45) is 2.49. The normalized spacial score (nSPS) is 10.2. The Kier molecular flexibility index (Phi) is 5.26. The van der Waals surface area contributed by atoms with E-state index in [-0.39, 0.29) is 5.91 Å². The number of methoxy groups -OCH3 is 1. The van der Waals surface area contributed by atoms with E-state index in [1.165, 1.54) is 0 Å². The van der Waals surface area contributed by atoms with Crippen LogP contribution in [-0.2, 0) is 6.54 Å². The van der Waals surface area contributed by atoms with E-state index in [0.29, 0.717) is 36.0 Å². The lowest BCUT2D eigenvalue weighted by atomic mass is 10.2. The molecule has 0 atom stereocenters. The molecule has 5 nitrogen and oxygen atoms in total. The van der Waals surface area contributed by atoms with Gasteiger partial charge >= 0.3 is 0 Å².